The maximum Gasteiger partial charge on any atom is 0.335 e. The van der Waals surface area contributed by atoms with Crippen LogP contribution in [0.3, 0.4) is 0 Å². The maximum atomic E-state index is 14.0. The predicted molar refractivity (Wildman–Crippen MR) is 119 cm³/mol. The molecule has 170 valence electrons. The van der Waals surface area contributed by atoms with Crippen molar-refractivity contribution in [2.45, 2.75) is 51.6 Å². The van der Waals surface area contributed by atoms with Crippen LogP contribution in [0.15, 0.2) is 22.7 Å². The number of nitrogens with zero attached hydrogens (tertiary/aromatic N) is 2. The number of nitrogens with one attached hydrogen (secondary N) is 1. The SMILES string of the molecule is CCc1nc(C(=O)NCC2(O)CCC(C)CC2)c(Cl)n1-c1ccc(Br)c(F)c1.O=S=O. The Morgan fingerprint density at radius 3 is 2.58 bits per heavy atom. The molecule has 1 aliphatic rings. The molecule has 0 saturated heterocycles. The van der Waals surface area contributed by atoms with E-state index in [1.807, 2.05) is 6.92 Å². The largest absolute Gasteiger partial charge is 0.388 e. The molecule has 3 rings (SSSR count). The molecule has 0 atom stereocenters. The van der Waals surface area contributed by atoms with Crippen LogP contribution in [0.1, 0.15) is 55.8 Å². The van der Waals surface area contributed by atoms with Crippen molar-refractivity contribution >= 4 is 45.0 Å². The van der Waals surface area contributed by atoms with Crippen LogP contribution in [-0.4, -0.2) is 41.1 Å². The molecule has 1 aromatic carbocycles. The maximum absolute atomic E-state index is 14.0. The van der Waals surface area contributed by atoms with Gasteiger partial charge in [0.25, 0.3) is 5.91 Å². The number of halogens is 3. The Labute approximate surface area is 197 Å². The first kappa shape index (κ1) is 25.6. The van der Waals surface area contributed by atoms with Crippen molar-refractivity contribution in [1.82, 2.24) is 14.9 Å². The monoisotopic (exact) mass is 535 g/mol. The molecule has 0 unspecified atom stereocenters. The minimum absolute atomic E-state index is 0.0784. The predicted octanol–water partition coefficient (Wildman–Crippen LogP) is 3.99. The van der Waals surface area contributed by atoms with Gasteiger partial charge in [0.2, 0.25) is 0 Å². The van der Waals surface area contributed by atoms with E-state index in [4.69, 9.17) is 20.0 Å². The van der Waals surface area contributed by atoms with Gasteiger partial charge in [-0.2, -0.15) is 8.42 Å². The third-order valence-corrected chi connectivity index (χ3v) is 6.36. The summed E-state index contributed by atoms with van der Waals surface area (Å²) in [4.78, 5) is 17.0. The summed E-state index contributed by atoms with van der Waals surface area (Å²) in [5, 5.41) is 13.6. The van der Waals surface area contributed by atoms with Crippen LogP contribution in [0, 0.1) is 11.7 Å². The molecule has 31 heavy (non-hydrogen) atoms. The zero-order valence-corrected chi connectivity index (χ0v) is 20.3. The molecule has 0 spiro atoms. The van der Waals surface area contributed by atoms with Crippen LogP contribution in [0.25, 0.3) is 5.69 Å². The second kappa shape index (κ2) is 11.3. The summed E-state index contributed by atoms with van der Waals surface area (Å²) >= 11 is 8.83. The number of carbonyl (C=O) groups excluding carboxylic acids is 1. The van der Waals surface area contributed by atoms with E-state index in [2.05, 4.69) is 33.2 Å². The van der Waals surface area contributed by atoms with Crippen molar-refractivity contribution in [3.63, 3.8) is 0 Å². The molecule has 1 saturated carbocycles. The van der Waals surface area contributed by atoms with Gasteiger partial charge in [0, 0.05) is 13.0 Å². The van der Waals surface area contributed by atoms with Crippen LogP contribution >= 0.6 is 27.5 Å². The fraction of sp³-hybridized carbons (Fsp3) is 0.500. The quantitative estimate of drug-likeness (QED) is 0.602. The molecule has 1 aliphatic carbocycles. The lowest BCUT2D eigenvalue weighted by molar-refractivity contribution is -0.00543. The number of imidazole rings is 1. The summed E-state index contributed by atoms with van der Waals surface area (Å²) in [5.41, 5.74) is -0.316. The average Bonchev–Trinajstić information content (AvgIpc) is 3.08. The number of aliphatic hydroxyl groups is 1. The molecule has 0 radical (unpaired) electrons. The first-order valence-corrected chi connectivity index (χ1v) is 11.6. The van der Waals surface area contributed by atoms with E-state index in [0.29, 0.717) is 41.2 Å². The van der Waals surface area contributed by atoms with Gasteiger partial charge in [0.15, 0.2) is 5.69 Å². The van der Waals surface area contributed by atoms with Crippen molar-refractivity contribution in [2.24, 2.45) is 5.92 Å². The van der Waals surface area contributed by atoms with Crippen LogP contribution in [-0.2, 0) is 18.0 Å². The zero-order valence-electron chi connectivity index (χ0n) is 17.2. The van der Waals surface area contributed by atoms with Crippen molar-refractivity contribution in [3.05, 3.63) is 45.2 Å². The molecule has 0 bridgehead atoms. The van der Waals surface area contributed by atoms with Gasteiger partial charge in [-0.05, 0) is 65.7 Å². The Kier molecular flexibility index (Phi) is 9.35. The first-order valence-electron chi connectivity index (χ1n) is 9.80. The van der Waals surface area contributed by atoms with Gasteiger partial charge in [0.05, 0.1) is 15.8 Å². The summed E-state index contributed by atoms with van der Waals surface area (Å²) in [5.74, 6) is 0.286. The van der Waals surface area contributed by atoms with Crippen LogP contribution < -0.4 is 5.32 Å². The first-order chi connectivity index (χ1) is 14.7. The van der Waals surface area contributed by atoms with Gasteiger partial charge in [0.1, 0.15) is 16.8 Å². The minimum atomic E-state index is -0.889. The Hall–Kier alpha value is -1.62. The highest BCUT2D eigenvalue weighted by Gasteiger charge is 2.33. The molecule has 7 nitrogen and oxygen atoms in total. The lowest BCUT2D eigenvalue weighted by atomic mass is 9.79. The summed E-state index contributed by atoms with van der Waals surface area (Å²) in [6, 6.07) is 4.62. The summed E-state index contributed by atoms with van der Waals surface area (Å²) in [6.45, 7) is 4.22. The van der Waals surface area contributed by atoms with E-state index in [9.17, 15) is 14.3 Å². The standard InChI is InChI=1S/C20H24BrClFN3O2.O2S/c1-3-16-25-17(18(22)26(16)13-4-5-14(21)15(23)10-13)19(27)24-11-20(28)8-6-12(2)7-9-20;1-3-2/h4-5,10,12,28H,3,6-9,11H2,1-2H3,(H,24,27);. The topological polar surface area (TPSA) is 101 Å². The molecule has 1 heterocycles. The average molecular weight is 537 g/mol. The van der Waals surface area contributed by atoms with Crippen molar-refractivity contribution in [1.29, 1.82) is 0 Å². The van der Waals surface area contributed by atoms with Crippen molar-refractivity contribution in [2.75, 3.05) is 6.54 Å². The number of carbonyl (C=O) groups is 1. The Morgan fingerprint density at radius 1 is 1.42 bits per heavy atom. The fourth-order valence-electron chi connectivity index (χ4n) is 3.52. The molecule has 2 aromatic rings. The molecule has 1 fully saturated rings. The van der Waals surface area contributed by atoms with E-state index in [-0.39, 0.29) is 17.4 Å². The van der Waals surface area contributed by atoms with Gasteiger partial charge in [-0.1, -0.05) is 25.4 Å². The summed E-state index contributed by atoms with van der Waals surface area (Å²) in [6.07, 6.45) is 3.73. The molecular weight excluding hydrogens is 513 g/mol. The number of hydrogen-bond donors (Lipinski definition) is 2. The number of benzene rings is 1. The van der Waals surface area contributed by atoms with E-state index in [1.54, 1.807) is 16.7 Å². The highest BCUT2D eigenvalue weighted by Crippen LogP contribution is 2.31. The van der Waals surface area contributed by atoms with Gasteiger partial charge in [-0.25, -0.2) is 9.37 Å². The smallest absolute Gasteiger partial charge is 0.335 e. The van der Waals surface area contributed by atoms with E-state index >= 15 is 0 Å². The van der Waals surface area contributed by atoms with Gasteiger partial charge in [-0.3, -0.25) is 9.36 Å². The van der Waals surface area contributed by atoms with Crippen molar-refractivity contribution in [3.8, 4) is 5.69 Å². The third-order valence-electron chi connectivity index (χ3n) is 5.37. The molecule has 11 heteroatoms. The van der Waals surface area contributed by atoms with Crippen molar-refractivity contribution < 1.29 is 22.7 Å². The highest BCUT2D eigenvalue weighted by molar-refractivity contribution is 9.10. The van der Waals surface area contributed by atoms with E-state index in [0.717, 1.165) is 12.8 Å². The van der Waals surface area contributed by atoms with Crippen LogP contribution in [0.5, 0.6) is 0 Å². The molecule has 2 N–H and O–H groups in total. The lowest BCUT2D eigenvalue weighted by Gasteiger charge is -2.34. The second-order valence-electron chi connectivity index (χ2n) is 7.61. The molecular formula is C20H24BrClFN3O4S. The Morgan fingerprint density at radius 2 is 2.03 bits per heavy atom. The highest BCUT2D eigenvalue weighted by atomic mass is 79.9. The van der Waals surface area contributed by atoms with E-state index < -0.39 is 28.9 Å². The Balaban J connectivity index is 0.00000107. The summed E-state index contributed by atoms with van der Waals surface area (Å²) < 4.78 is 32.5. The zero-order chi connectivity index (χ0) is 23.2. The summed E-state index contributed by atoms with van der Waals surface area (Å²) in [7, 11) is 0. The Bertz CT molecular complexity index is 974. The fourth-order valence-corrected chi connectivity index (χ4v) is 4.09. The third kappa shape index (κ3) is 6.44. The van der Waals surface area contributed by atoms with Gasteiger partial charge >= 0.3 is 11.6 Å². The van der Waals surface area contributed by atoms with Crippen LogP contribution in [0.4, 0.5) is 4.39 Å². The molecule has 1 aromatic heterocycles. The number of amides is 1. The molecule has 1 amide bonds. The lowest BCUT2D eigenvalue weighted by Crippen LogP contribution is -2.45. The van der Waals surface area contributed by atoms with Crippen LogP contribution in [0.2, 0.25) is 5.15 Å². The number of aryl methyl sites for hydroxylation is 1. The normalized spacial score (nSPS) is 20.5. The van der Waals surface area contributed by atoms with E-state index in [1.165, 1.54) is 6.07 Å². The number of rotatable bonds is 5. The van der Waals surface area contributed by atoms with Gasteiger partial charge < -0.3 is 10.4 Å². The number of hydrogen-bond acceptors (Lipinski definition) is 5. The molecule has 0 aliphatic heterocycles. The number of aromatic nitrogens is 2. The second-order valence-corrected chi connectivity index (χ2v) is 8.96. The minimum Gasteiger partial charge on any atom is -0.388 e. The van der Waals surface area contributed by atoms with Gasteiger partial charge in [-0.15, -0.1) is 0 Å².